The number of hydrogen-bond acceptors (Lipinski definition) is 2. The lowest BCUT2D eigenvalue weighted by molar-refractivity contribution is 0.412. The Morgan fingerprint density at radius 1 is 1.29 bits per heavy atom. The highest BCUT2D eigenvalue weighted by atomic mass is 15.1. The topological polar surface area (TPSA) is 27.0 Å². The van der Waals surface area contributed by atoms with E-state index in [0.717, 1.165) is 32.4 Å². The van der Waals surface area contributed by atoms with Gasteiger partial charge in [-0.25, -0.2) is 0 Å². The summed E-state index contributed by atoms with van der Waals surface area (Å²) >= 11 is 0. The molecule has 1 saturated heterocycles. The van der Waals surface area contributed by atoms with Crippen LogP contribution in [0.3, 0.4) is 0 Å². The van der Waals surface area contributed by atoms with Gasteiger partial charge in [-0.3, -0.25) is 0 Å². The molecule has 17 heavy (non-hydrogen) atoms. The summed E-state index contributed by atoms with van der Waals surface area (Å²) in [5.41, 5.74) is 4.06. The van der Waals surface area contributed by atoms with Crippen LogP contribution in [-0.4, -0.2) is 13.1 Å². The minimum atomic E-state index is 0.612. The molecule has 0 radical (unpaired) electrons. The maximum absolute atomic E-state index is 8.72. The van der Waals surface area contributed by atoms with Crippen LogP contribution in [0.2, 0.25) is 0 Å². The van der Waals surface area contributed by atoms with Crippen molar-refractivity contribution in [3.8, 4) is 6.07 Å². The molecule has 0 amide bonds. The van der Waals surface area contributed by atoms with Gasteiger partial charge in [0.15, 0.2) is 0 Å². The third kappa shape index (κ3) is 2.79. The average Bonchev–Trinajstić information content (AvgIpc) is 2.34. The van der Waals surface area contributed by atoms with Crippen LogP contribution in [0.4, 0.5) is 5.69 Å². The van der Waals surface area contributed by atoms with Crippen LogP contribution in [0.15, 0.2) is 18.2 Å². The zero-order valence-corrected chi connectivity index (χ0v) is 10.7. The Kier molecular flexibility index (Phi) is 3.68. The molecule has 1 fully saturated rings. The first-order chi connectivity index (χ1) is 8.20. The maximum Gasteiger partial charge on any atom is 0.0624 e. The van der Waals surface area contributed by atoms with E-state index in [1.807, 2.05) is 0 Å². The van der Waals surface area contributed by atoms with Gasteiger partial charge in [0.1, 0.15) is 0 Å². The number of anilines is 1. The fraction of sp³-hybridized carbons (Fsp3) is 0.533. The van der Waals surface area contributed by atoms with Crippen LogP contribution in [0.25, 0.3) is 0 Å². The third-order valence-electron chi connectivity index (χ3n) is 3.70. The minimum Gasteiger partial charge on any atom is -0.371 e. The van der Waals surface area contributed by atoms with E-state index in [2.05, 4.69) is 43.0 Å². The molecular weight excluding hydrogens is 208 g/mol. The zero-order chi connectivity index (χ0) is 12.3. The highest BCUT2D eigenvalue weighted by Gasteiger charge is 2.20. The Bertz CT molecular complexity index is 423. The predicted molar refractivity (Wildman–Crippen MR) is 71.1 cm³/mol. The summed E-state index contributed by atoms with van der Waals surface area (Å²) in [6.07, 6.45) is 3.03. The standard InChI is InChI=1S/C15H20N2/c1-12-3-4-13(2)15(11-12)17-9-6-14(5-8-16)7-10-17/h3-4,11,14H,5-7,9-10H2,1-2H3. The first kappa shape index (κ1) is 12.0. The van der Waals surface area contributed by atoms with Crippen molar-refractivity contribution < 1.29 is 0 Å². The highest BCUT2D eigenvalue weighted by molar-refractivity contribution is 5.55. The Morgan fingerprint density at radius 2 is 2.00 bits per heavy atom. The second-order valence-corrected chi connectivity index (χ2v) is 5.08. The van der Waals surface area contributed by atoms with Crippen LogP contribution in [0.5, 0.6) is 0 Å². The van der Waals surface area contributed by atoms with Crippen molar-refractivity contribution in [3.63, 3.8) is 0 Å². The lowest BCUT2D eigenvalue weighted by Gasteiger charge is -2.34. The van der Waals surface area contributed by atoms with E-state index >= 15 is 0 Å². The summed E-state index contributed by atoms with van der Waals surface area (Å²) in [6, 6.07) is 8.94. The molecule has 1 aromatic carbocycles. The highest BCUT2D eigenvalue weighted by Crippen LogP contribution is 2.27. The molecule has 1 aliphatic rings. The molecule has 2 heteroatoms. The molecule has 1 aromatic rings. The first-order valence-corrected chi connectivity index (χ1v) is 6.40. The van der Waals surface area contributed by atoms with E-state index in [9.17, 15) is 0 Å². The largest absolute Gasteiger partial charge is 0.371 e. The molecule has 0 bridgehead atoms. The smallest absolute Gasteiger partial charge is 0.0624 e. The van der Waals surface area contributed by atoms with Crippen molar-refractivity contribution in [2.45, 2.75) is 33.1 Å². The summed E-state index contributed by atoms with van der Waals surface area (Å²) in [7, 11) is 0. The molecule has 0 aliphatic carbocycles. The molecule has 0 N–H and O–H groups in total. The summed E-state index contributed by atoms with van der Waals surface area (Å²) < 4.78 is 0. The summed E-state index contributed by atoms with van der Waals surface area (Å²) in [6.45, 7) is 6.51. The molecule has 0 unspecified atom stereocenters. The number of benzene rings is 1. The second kappa shape index (κ2) is 5.23. The van der Waals surface area contributed by atoms with Crippen LogP contribution in [-0.2, 0) is 0 Å². The average molecular weight is 228 g/mol. The number of nitrogens with zero attached hydrogens (tertiary/aromatic N) is 2. The van der Waals surface area contributed by atoms with E-state index < -0.39 is 0 Å². The van der Waals surface area contributed by atoms with Crippen LogP contribution in [0, 0.1) is 31.1 Å². The van der Waals surface area contributed by atoms with Gasteiger partial charge in [-0.15, -0.1) is 0 Å². The van der Waals surface area contributed by atoms with Gasteiger partial charge in [0.25, 0.3) is 0 Å². The number of nitriles is 1. The molecule has 1 aliphatic heterocycles. The molecule has 0 aromatic heterocycles. The maximum atomic E-state index is 8.72. The lowest BCUT2D eigenvalue weighted by atomic mass is 9.93. The van der Waals surface area contributed by atoms with Crippen molar-refractivity contribution in [3.05, 3.63) is 29.3 Å². The summed E-state index contributed by atoms with van der Waals surface area (Å²) in [5, 5.41) is 8.72. The molecule has 0 spiro atoms. The van der Waals surface area contributed by atoms with Gasteiger partial charge in [0.05, 0.1) is 6.07 Å². The van der Waals surface area contributed by atoms with Crippen molar-refractivity contribution in [2.24, 2.45) is 5.92 Å². The number of rotatable bonds is 2. The summed E-state index contributed by atoms with van der Waals surface area (Å²) in [4.78, 5) is 2.47. The van der Waals surface area contributed by atoms with Crippen molar-refractivity contribution in [2.75, 3.05) is 18.0 Å². The minimum absolute atomic E-state index is 0.612. The molecule has 90 valence electrons. The Labute approximate surface area is 104 Å². The normalized spacial score (nSPS) is 16.9. The van der Waals surface area contributed by atoms with Crippen LogP contribution in [0.1, 0.15) is 30.4 Å². The fourth-order valence-corrected chi connectivity index (χ4v) is 2.57. The van der Waals surface area contributed by atoms with Crippen LogP contribution < -0.4 is 4.90 Å². The van der Waals surface area contributed by atoms with Gasteiger partial charge in [-0.1, -0.05) is 12.1 Å². The third-order valence-corrected chi connectivity index (χ3v) is 3.70. The monoisotopic (exact) mass is 228 g/mol. The molecule has 0 atom stereocenters. The quantitative estimate of drug-likeness (QED) is 0.775. The Morgan fingerprint density at radius 3 is 2.65 bits per heavy atom. The van der Waals surface area contributed by atoms with Crippen molar-refractivity contribution in [1.29, 1.82) is 5.26 Å². The zero-order valence-electron chi connectivity index (χ0n) is 10.7. The Hall–Kier alpha value is -1.49. The van der Waals surface area contributed by atoms with Crippen molar-refractivity contribution >= 4 is 5.69 Å². The van der Waals surface area contributed by atoms with Gasteiger partial charge in [0.2, 0.25) is 0 Å². The predicted octanol–water partition coefficient (Wildman–Crippen LogP) is 3.43. The fourth-order valence-electron chi connectivity index (χ4n) is 2.57. The van der Waals surface area contributed by atoms with Gasteiger partial charge < -0.3 is 4.90 Å². The van der Waals surface area contributed by atoms with E-state index in [4.69, 9.17) is 5.26 Å². The van der Waals surface area contributed by atoms with E-state index in [-0.39, 0.29) is 0 Å². The number of aryl methyl sites for hydroxylation is 2. The second-order valence-electron chi connectivity index (χ2n) is 5.08. The van der Waals surface area contributed by atoms with E-state index in [0.29, 0.717) is 5.92 Å². The molecule has 2 rings (SSSR count). The molecular formula is C15H20N2. The van der Waals surface area contributed by atoms with Gasteiger partial charge in [-0.2, -0.15) is 5.26 Å². The van der Waals surface area contributed by atoms with Gasteiger partial charge >= 0.3 is 0 Å². The molecule has 1 heterocycles. The van der Waals surface area contributed by atoms with Gasteiger partial charge in [0, 0.05) is 25.2 Å². The SMILES string of the molecule is Cc1ccc(C)c(N2CCC(CC#N)CC2)c1. The lowest BCUT2D eigenvalue weighted by Crippen LogP contribution is -2.34. The number of piperidine rings is 1. The molecule has 0 saturated carbocycles. The summed E-state index contributed by atoms with van der Waals surface area (Å²) in [5.74, 6) is 0.612. The van der Waals surface area contributed by atoms with Crippen LogP contribution >= 0.6 is 0 Å². The van der Waals surface area contributed by atoms with Gasteiger partial charge in [-0.05, 0) is 49.8 Å². The van der Waals surface area contributed by atoms with E-state index in [1.54, 1.807) is 0 Å². The first-order valence-electron chi connectivity index (χ1n) is 6.40. The van der Waals surface area contributed by atoms with Crippen molar-refractivity contribution in [1.82, 2.24) is 0 Å². The molecule has 2 nitrogen and oxygen atoms in total. The van der Waals surface area contributed by atoms with E-state index in [1.165, 1.54) is 16.8 Å². The number of hydrogen-bond donors (Lipinski definition) is 0. The Balaban J connectivity index is 2.05.